The molecule has 1 fully saturated rings. The van der Waals surface area contributed by atoms with Crippen LogP contribution in [0.25, 0.3) is 0 Å². The predicted molar refractivity (Wildman–Crippen MR) is 97.0 cm³/mol. The summed E-state index contributed by atoms with van der Waals surface area (Å²) in [5, 5.41) is 13.7. The molecule has 1 heterocycles. The second-order valence-corrected chi connectivity index (χ2v) is 6.23. The molecule has 1 N–H and O–H groups in total. The van der Waals surface area contributed by atoms with Gasteiger partial charge in [0.2, 0.25) is 0 Å². The van der Waals surface area contributed by atoms with Gasteiger partial charge in [-0.2, -0.15) is 0 Å². The lowest BCUT2D eigenvalue weighted by atomic mass is 10.0. The second-order valence-electron chi connectivity index (χ2n) is 6.23. The summed E-state index contributed by atoms with van der Waals surface area (Å²) in [5.74, 6) is -0.709. The van der Waals surface area contributed by atoms with Crippen molar-refractivity contribution >= 4 is 11.6 Å². The zero-order valence-corrected chi connectivity index (χ0v) is 14.6. The summed E-state index contributed by atoms with van der Waals surface area (Å²) in [6.07, 6.45) is 0. The Morgan fingerprint density at radius 1 is 1.22 bits per heavy atom. The SMILES string of the molecule is O=C(NC[C@@H](c1ccc(F)cc1)N1CCOCC1)c1cccc([N+](=O)[O-])c1. The molecule has 142 valence electrons. The van der Waals surface area contributed by atoms with Gasteiger partial charge in [0.15, 0.2) is 0 Å². The molecule has 3 rings (SSSR count). The molecule has 1 saturated heterocycles. The fraction of sp³-hybridized carbons (Fsp3) is 0.316. The van der Waals surface area contributed by atoms with Gasteiger partial charge in [-0.1, -0.05) is 18.2 Å². The van der Waals surface area contributed by atoms with Gasteiger partial charge in [0.25, 0.3) is 11.6 Å². The number of nitrogens with zero attached hydrogens (tertiary/aromatic N) is 2. The fourth-order valence-electron chi connectivity index (χ4n) is 3.08. The largest absolute Gasteiger partial charge is 0.379 e. The number of benzene rings is 2. The topological polar surface area (TPSA) is 84.7 Å². The van der Waals surface area contributed by atoms with Gasteiger partial charge >= 0.3 is 0 Å². The van der Waals surface area contributed by atoms with Crippen molar-refractivity contribution in [3.63, 3.8) is 0 Å². The summed E-state index contributed by atoms with van der Waals surface area (Å²) in [6.45, 7) is 2.89. The lowest BCUT2D eigenvalue weighted by molar-refractivity contribution is -0.384. The first-order valence-corrected chi connectivity index (χ1v) is 8.64. The van der Waals surface area contributed by atoms with Crippen LogP contribution in [0.5, 0.6) is 0 Å². The first-order valence-electron chi connectivity index (χ1n) is 8.64. The van der Waals surface area contributed by atoms with Crippen LogP contribution in [-0.4, -0.2) is 48.6 Å². The third-order valence-electron chi connectivity index (χ3n) is 4.52. The molecule has 0 saturated carbocycles. The first-order chi connectivity index (χ1) is 13.0. The zero-order valence-electron chi connectivity index (χ0n) is 14.6. The highest BCUT2D eigenvalue weighted by molar-refractivity contribution is 5.94. The van der Waals surface area contributed by atoms with Gasteiger partial charge < -0.3 is 10.1 Å². The molecule has 0 aromatic heterocycles. The monoisotopic (exact) mass is 373 g/mol. The van der Waals surface area contributed by atoms with E-state index in [4.69, 9.17) is 4.74 Å². The summed E-state index contributed by atoms with van der Waals surface area (Å²) in [5.41, 5.74) is 0.979. The second kappa shape index (κ2) is 8.70. The highest BCUT2D eigenvalue weighted by Crippen LogP contribution is 2.22. The maximum Gasteiger partial charge on any atom is 0.270 e. The molecule has 0 spiro atoms. The number of nitrogens with one attached hydrogen (secondary N) is 1. The van der Waals surface area contributed by atoms with Crippen LogP contribution in [-0.2, 0) is 4.74 Å². The third-order valence-corrected chi connectivity index (χ3v) is 4.52. The summed E-state index contributed by atoms with van der Waals surface area (Å²) >= 11 is 0. The Hall–Kier alpha value is -2.84. The van der Waals surface area contributed by atoms with E-state index in [2.05, 4.69) is 10.2 Å². The van der Waals surface area contributed by atoms with Crippen LogP contribution in [0.2, 0.25) is 0 Å². The lowest BCUT2D eigenvalue weighted by Gasteiger charge is -2.35. The van der Waals surface area contributed by atoms with Gasteiger partial charge in [-0.3, -0.25) is 19.8 Å². The zero-order chi connectivity index (χ0) is 19.2. The van der Waals surface area contributed by atoms with Gasteiger partial charge in [0.1, 0.15) is 5.82 Å². The van der Waals surface area contributed by atoms with E-state index in [9.17, 15) is 19.3 Å². The molecule has 1 atom stereocenters. The van der Waals surface area contributed by atoms with Crippen LogP contribution >= 0.6 is 0 Å². The number of hydrogen-bond donors (Lipinski definition) is 1. The van der Waals surface area contributed by atoms with Gasteiger partial charge in [0.05, 0.1) is 24.2 Å². The average Bonchev–Trinajstić information content (AvgIpc) is 2.70. The van der Waals surface area contributed by atoms with E-state index in [-0.39, 0.29) is 29.0 Å². The average molecular weight is 373 g/mol. The standard InChI is InChI=1S/C19H20FN3O4/c20-16-6-4-14(5-7-16)18(22-8-10-27-11-9-22)13-21-19(24)15-2-1-3-17(12-15)23(25)26/h1-7,12,18H,8-11,13H2,(H,21,24)/t18-/m0/s1. The maximum atomic E-state index is 13.3. The number of non-ortho nitro benzene ring substituents is 1. The molecular formula is C19H20FN3O4. The summed E-state index contributed by atoms with van der Waals surface area (Å²) in [6, 6.07) is 11.6. The Morgan fingerprint density at radius 2 is 1.93 bits per heavy atom. The van der Waals surface area contributed by atoms with E-state index < -0.39 is 4.92 Å². The van der Waals surface area contributed by atoms with Crippen LogP contribution in [0.1, 0.15) is 22.0 Å². The first kappa shape index (κ1) is 18.9. The molecule has 2 aromatic rings. The summed E-state index contributed by atoms with van der Waals surface area (Å²) in [4.78, 5) is 25.0. The number of nitro benzene ring substituents is 1. The molecule has 1 amide bonds. The van der Waals surface area contributed by atoms with E-state index in [1.54, 1.807) is 12.1 Å². The molecule has 1 aliphatic heterocycles. The molecule has 0 unspecified atom stereocenters. The molecule has 1 aliphatic rings. The van der Waals surface area contributed by atoms with Crippen molar-refractivity contribution in [2.75, 3.05) is 32.8 Å². The minimum atomic E-state index is -0.536. The Balaban J connectivity index is 1.73. The smallest absolute Gasteiger partial charge is 0.270 e. The number of carbonyl (C=O) groups is 1. The molecule has 0 aliphatic carbocycles. The van der Waals surface area contributed by atoms with Crippen molar-refractivity contribution in [3.8, 4) is 0 Å². The Kier molecular flexibility index (Phi) is 6.10. The number of carbonyl (C=O) groups excluding carboxylic acids is 1. The Bertz CT molecular complexity index is 807. The number of hydrogen-bond acceptors (Lipinski definition) is 5. The third kappa shape index (κ3) is 4.87. The minimum Gasteiger partial charge on any atom is -0.379 e. The number of morpholine rings is 1. The van der Waals surface area contributed by atoms with Crippen LogP contribution in [0.3, 0.4) is 0 Å². The molecule has 0 radical (unpaired) electrons. The number of amides is 1. The van der Waals surface area contributed by atoms with Gasteiger partial charge in [-0.15, -0.1) is 0 Å². The Labute approximate surface area is 155 Å². The van der Waals surface area contributed by atoms with Crippen LogP contribution in [0, 0.1) is 15.9 Å². The van der Waals surface area contributed by atoms with Crippen LogP contribution < -0.4 is 5.32 Å². The van der Waals surface area contributed by atoms with E-state index in [1.165, 1.54) is 36.4 Å². The highest BCUT2D eigenvalue weighted by atomic mass is 19.1. The summed E-state index contributed by atoms with van der Waals surface area (Å²) in [7, 11) is 0. The number of halogens is 1. The van der Waals surface area contributed by atoms with E-state index >= 15 is 0 Å². The fourth-order valence-corrected chi connectivity index (χ4v) is 3.08. The minimum absolute atomic E-state index is 0.133. The van der Waals surface area contributed by atoms with Gasteiger partial charge in [-0.25, -0.2) is 4.39 Å². The van der Waals surface area contributed by atoms with Crippen LogP contribution in [0.15, 0.2) is 48.5 Å². The maximum absolute atomic E-state index is 13.3. The van der Waals surface area contributed by atoms with Gasteiger partial charge in [-0.05, 0) is 23.8 Å². The number of nitro groups is 1. The number of ether oxygens (including phenoxy) is 1. The highest BCUT2D eigenvalue weighted by Gasteiger charge is 2.23. The van der Waals surface area contributed by atoms with E-state index in [0.29, 0.717) is 32.8 Å². The van der Waals surface area contributed by atoms with Crippen molar-refractivity contribution < 1.29 is 18.8 Å². The quantitative estimate of drug-likeness (QED) is 0.621. The molecule has 27 heavy (non-hydrogen) atoms. The molecule has 8 heteroatoms. The molecule has 2 aromatic carbocycles. The van der Waals surface area contributed by atoms with Crippen molar-refractivity contribution in [3.05, 3.63) is 75.6 Å². The van der Waals surface area contributed by atoms with Crippen molar-refractivity contribution in [1.29, 1.82) is 0 Å². The summed E-state index contributed by atoms with van der Waals surface area (Å²) < 4.78 is 18.7. The van der Waals surface area contributed by atoms with E-state index in [1.807, 2.05) is 0 Å². The Morgan fingerprint density at radius 3 is 2.59 bits per heavy atom. The van der Waals surface area contributed by atoms with Gasteiger partial charge in [0, 0.05) is 37.3 Å². The lowest BCUT2D eigenvalue weighted by Crippen LogP contribution is -2.43. The van der Waals surface area contributed by atoms with Crippen molar-refractivity contribution in [2.24, 2.45) is 0 Å². The molecule has 0 bridgehead atoms. The van der Waals surface area contributed by atoms with E-state index in [0.717, 1.165) is 5.56 Å². The van der Waals surface area contributed by atoms with Crippen molar-refractivity contribution in [2.45, 2.75) is 6.04 Å². The number of rotatable bonds is 6. The predicted octanol–water partition coefficient (Wildman–Crippen LogP) is 2.54. The van der Waals surface area contributed by atoms with Crippen molar-refractivity contribution in [1.82, 2.24) is 10.2 Å². The molecule has 7 nitrogen and oxygen atoms in total. The molecular weight excluding hydrogens is 353 g/mol. The normalized spacial score (nSPS) is 15.9. The van der Waals surface area contributed by atoms with Crippen LogP contribution in [0.4, 0.5) is 10.1 Å².